The molecule has 4 N–H and O–H groups in total. The fourth-order valence-corrected chi connectivity index (χ4v) is 2.48. The zero-order chi connectivity index (χ0) is 24.0. The molecule has 3 aromatic rings. The van der Waals surface area contributed by atoms with E-state index in [4.69, 9.17) is 16.2 Å². The lowest BCUT2D eigenvalue weighted by molar-refractivity contribution is -0.141. The zero-order valence-corrected chi connectivity index (χ0v) is 15.3. The maximum Gasteiger partial charge on any atom is 0.422 e. The molecule has 170 valence electrons. The lowest BCUT2D eigenvalue weighted by atomic mass is 10.1. The summed E-state index contributed by atoms with van der Waals surface area (Å²) in [6.45, 7) is 0. The number of halogens is 9. The van der Waals surface area contributed by atoms with Crippen molar-refractivity contribution in [3.8, 4) is 23.0 Å². The normalized spacial score (nSPS) is 11.5. The predicted octanol–water partition coefficient (Wildman–Crippen LogP) is 6.29. The maximum absolute atomic E-state index is 14.3. The molecule has 0 heterocycles. The topological polar surface area (TPSA) is 70.5 Å². The Hall–Kier alpha value is -3.77. The predicted molar refractivity (Wildman–Crippen MR) is 93.0 cm³/mol. The molecule has 0 radical (unpaired) electrons. The smallest absolute Gasteiger partial charge is 0.422 e. The average molecular weight is 468 g/mol. The van der Waals surface area contributed by atoms with Crippen LogP contribution in [0.15, 0.2) is 30.3 Å². The second-order valence-electron chi connectivity index (χ2n) is 6.19. The Bertz CT molecular complexity index is 1210. The molecule has 0 amide bonds. The monoisotopic (exact) mass is 468 g/mol. The molecule has 13 heteroatoms. The van der Waals surface area contributed by atoms with Crippen LogP contribution in [0, 0.1) is 34.9 Å². The summed E-state index contributed by atoms with van der Waals surface area (Å²) in [5, 5.41) is 0. The maximum atomic E-state index is 14.3. The third kappa shape index (κ3) is 4.31. The van der Waals surface area contributed by atoms with Crippen molar-refractivity contribution < 1.29 is 49.0 Å². The van der Waals surface area contributed by atoms with E-state index in [1.54, 1.807) is 0 Å². The molecule has 0 spiro atoms. The molecule has 0 saturated carbocycles. The van der Waals surface area contributed by atoms with Gasteiger partial charge in [-0.25, -0.2) is 22.0 Å². The number of ether oxygens (including phenoxy) is 2. The van der Waals surface area contributed by atoms with Crippen molar-refractivity contribution in [1.29, 1.82) is 0 Å². The highest BCUT2D eigenvalue weighted by atomic mass is 19.4. The molecule has 0 fully saturated rings. The highest BCUT2D eigenvalue weighted by molar-refractivity contribution is 5.52. The molecule has 4 nitrogen and oxygen atoms in total. The van der Waals surface area contributed by atoms with Crippen molar-refractivity contribution in [3.05, 3.63) is 70.8 Å². The number of hydrogen-bond acceptors (Lipinski definition) is 4. The van der Waals surface area contributed by atoms with Crippen LogP contribution in [0.2, 0.25) is 0 Å². The molecular weight excluding hydrogens is 459 g/mol. The van der Waals surface area contributed by atoms with Crippen LogP contribution in [-0.2, 0) is 6.18 Å². The van der Waals surface area contributed by atoms with Crippen LogP contribution in [0.3, 0.4) is 0 Å². The van der Waals surface area contributed by atoms with Gasteiger partial charge in [-0.15, -0.1) is 0 Å². The van der Waals surface area contributed by atoms with Gasteiger partial charge in [-0.05, 0) is 0 Å². The highest BCUT2D eigenvalue weighted by Gasteiger charge is 2.41. The number of hydrogen-bond donors (Lipinski definition) is 2. The lowest BCUT2D eigenvalue weighted by Crippen LogP contribution is -2.13. The van der Waals surface area contributed by atoms with E-state index < -0.39 is 81.0 Å². The summed E-state index contributed by atoms with van der Waals surface area (Å²) in [4.78, 5) is 0. The Morgan fingerprint density at radius 1 is 0.531 bits per heavy atom. The van der Waals surface area contributed by atoms with Gasteiger partial charge >= 0.3 is 6.18 Å². The van der Waals surface area contributed by atoms with Gasteiger partial charge in [0.2, 0.25) is 5.82 Å². The lowest BCUT2D eigenvalue weighted by Gasteiger charge is -2.18. The van der Waals surface area contributed by atoms with Gasteiger partial charge in [0.15, 0.2) is 34.7 Å². The Morgan fingerprint density at radius 2 is 0.969 bits per heavy atom. The summed E-state index contributed by atoms with van der Waals surface area (Å²) in [5.41, 5.74) is 6.73. The number of benzene rings is 3. The molecule has 0 atom stereocenters. The van der Waals surface area contributed by atoms with E-state index in [0.717, 1.165) is 0 Å². The van der Waals surface area contributed by atoms with Gasteiger partial charge < -0.3 is 20.9 Å². The van der Waals surface area contributed by atoms with Crippen molar-refractivity contribution in [2.45, 2.75) is 6.18 Å². The molecule has 32 heavy (non-hydrogen) atoms. The summed E-state index contributed by atoms with van der Waals surface area (Å²) >= 11 is 0. The van der Waals surface area contributed by atoms with Crippen LogP contribution in [0.25, 0.3) is 0 Å². The summed E-state index contributed by atoms with van der Waals surface area (Å²) < 4.78 is 132. The van der Waals surface area contributed by atoms with E-state index in [9.17, 15) is 39.5 Å². The molecular formula is C19H9F9N2O2. The number of rotatable bonds is 4. The van der Waals surface area contributed by atoms with Crippen molar-refractivity contribution in [1.82, 2.24) is 0 Å². The number of alkyl halides is 3. The van der Waals surface area contributed by atoms with Crippen LogP contribution in [-0.4, -0.2) is 0 Å². The van der Waals surface area contributed by atoms with Gasteiger partial charge in [0, 0.05) is 30.3 Å². The van der Waals surface area contributed by atoms with Gasteiger partial charge in [0.1, 0.15) is 22.9 Å². The number of nitrogens with two attached hydrogens (primary N) is 2. The first kappa shape index (κ1) is 22.9. The Balaban J connectivity index is 2.17. The Labute approximate surface area is 172 Å². The van der Waals surface area contributed by atoms with Gasteiger partial charge in [-0.2, -0.15) is 17.6 Å². The minimum atomic E-state index is -5.55. The average Bonchev–Trinajstić information content (AvgIpc) is 2.67. The van der Waals surface area contributed by atoms with Gasteiger partial charge in [-0.3, -0.25) is 0 Å². The number of nitrogen functional groups attached to an aromatic ring is 2. The summed E-state index contributed by atoms with van der Waals surface area (Å²) in [6, 6.07) is 1.55. The standard InChI is InChI=1S/C19H9F9N2O2/c20-6-1-8(22)12(3-10(6)29)31-14-5-15(17(24)18(25)16(14)19(26,27)28)32-13-4-11(30)7(21)2-9(13)23/h1-5H,29-30H2. The van der Waals surface area contributed by atoms with E-state index in [1.165, 1.54) is 0 Å². The molecule has 0 aliphatic heterocycles. The second-order valence-corrected chi connectivity index (χ2v) is 6.19. The fraction of sp³-hybridized carbons (Fsp3) is 0.0526. The molecule has 3 rings (SSSR count). The van der Waals surface area contributed by atoms with Crippen molar-refractivity contribution in [2.24, 2.45) is 0 Å². The molecule has 0 saturated heterocycles. The first-order valence-electron chi connectivity index (χ1n) is 8.23. The Morgan fingerprint density at radius 3 is 1.41 bits per heavy atom. The molecule has 3 aromatic carbocycles. The highest BCUT2D eigenvalue weighted by Crippen LogP contribution is 2.45. The first-order chi connectivity index (χ1) is 14.8. The van der Waals surface area contributed by atoms with E-state index >= 15 is 0 Å². The molecule has 0 aliphatic rings. The minimum absolute atomic E-state index is 0.138. The van der Waals surface area contributed by atoms with Gasteiger partial charge in [-0.1, -0.05) is 0 Å². The van der Waals surface area contributed by atoms with E-state index in [0.29, 0.717) is 12.1 Å². The quantitative estimate of drug-likeness (QED) is 0.349. The molecule has 0 unspecified atom stereocenters. The Kier molecular flexibility index (Phi) is 5.76. The SMILES string of the molecule is Nc1cc(Oc2cc(Oc3cc(N)c(F)cc3F)c(C(F)(F)F)c(F)c2F)c(F)cc1F. The van der Waals surface area contributed by atoms with Crippen LogP contribution >= 0.6 is 0 Å². The van der Waals surface area contributed by atoms with Crippen molar-refractivity contribution in [3.63, 3.8) is 0 Å². The fourth-order valence-electron chi connectivity index (χ4n) is 2.48. The third-order valence-corrected chi connectivity index (χ3v) is 3.96. The minimum Gasteiger partial charge on any atom is -0.453 e. The van der Waals surface area contributed by atoms with E-state index in [-0.39, 0.29) is 18.2 Å². The number of anilines is 2. The largest absolute Gasteiger partial charge is 0.453 e. The summed E-state index contributed by atoms with van der Waals surface area (Å²) in [6.07, 6.45) is -5.55. The molecule has 0 bridgehead atoms. The van der Waals surface area contributed by atoms with Crippen LogP contribution in [0.1, 0.15) is 5.56 Å². The van der Waals surface area contributed by atoms with E-state index in [1.807, 2.05) is 0 Å². The third-order valence-electron chi connectivity index (χ3n) is 3.96. The van der Waals surface area contributed by atoms with Crippen LogP contribution < -0.4 is 20.9 Å². The summed E-state index contributed by atoms with van der Waals surface area (Å²) in [7, 11) is 0. The van der Waals surface area contributed by atoms with Gasteiger partial charge in [0.25, 0.3) is 0 Å². The molecule has 0 aromatic heterocycles. The van der Waals surface area contributed by atoms with E-state index in [2.05, 4.69) is 4.74 Å². The van der Waals surface area contributed by atoms with Crippen LogP contribution in [0.4, 0.5) is 50.9 Å². The zero-order valence-electron chi connectivity index (χ0n) is 15.3. The van der Waals surface area contributed by atoms with Crippen molar-refractivity contribution in [2.75, 3.05) is 11.5 Å². The first-order valence-corrected chi connectivity index (χ1v) is 8.23. The summed E-state index contributed by atoms with van der Waals surface area (Å²) in [5.74, 6) is -15.1. The van der Waals surface area contributed by atoms with Crippen LogP contribution in [0.5, 0.6) is 23.0 Å². The molecule has 0 aliphatic carbocycles. The van der Waals surface area contributed by atoms with Crippen molar-refractivity contribution >= 4 is 11.4 Å². The van der Waals surface area contributed by atoms with Gasteiger partial charge in [0.05, 0.1) is 11.4 Å². The second kappa shape index (κ2) is 8.05.